The summed E-state index contributed by atoms with van der Waals surface area (Å²) in [6.45, 7) is 1.84. The Hall–Kier alpha value is -2.69. The maximum atomic E-state index is 14.1. The van der Waals surface area contributed by atoms with Gasteiger partial charge in [-0.25, -0.2) is 9.18 Å². The molecule has 1 amide bonds. The molecule has 4 nitrogen and oxygen atoms in total. The number of cyclic esters (lactones) is 1. The molecule has 4 rings (SSSR count). The molecule has 2 aromatic carbocycles. The molecule has 2 aliphatic rings. The summed E-state index contributed by atoms with van der Waals surface area (Å²) in [6, 6.07) is 13.7. The lowest BCUT2D eigenvalue weighted by Crippen LogP contribution is -2.53. The van der Waals surface area contributed by atoms with Crippen molar-refractivity contribution in [3.63, 3.8) is 0 Å². The molecule has 0 bridgehead atoms. The number of benzene rings is 2. The van der Waals surface area contributed by atoms with Crippen LogP contribution in [0.2, 0.25) is 0 Å². The van der Waals surface area contributed by atoms with Gasteiger partial charge >= 0.3 is 5.97 Å². The molecule has 1 saturated carbocycles. The quantitative estimate of drug-likeness (QED) is 0.791. The smallest absolute Gasteiger partial charge is 0.339 e. The fraction of sp³-hybridized carbons (Fsp3) is 0.333. The molecule has 1 aliphatic heterocycles. The van der Waals surface area contributed by atoms with Gasteiger partial charge in [0.1, 0.15) is 5.82 Å². The highest BCUT2D eigenvalue weighted by Gasteiger charge is 2.47. The Morgan fingerprint density at radius 2 is 1.88 bits per heavy atom. The zero-order chi connectivity index (χ0) is 18.3. The second-order valence-electron chi connectivity index (χ2n) is 7.21. The normalized spacial score (nSPS) is 21.7. The number of amides is 1. The number of carbonyl (C=O) groups is 2. The first-order valence-electron chi connectivity index (χ1n) is 8.84. The third kappa shape index (κ3) is 2.98. The van der Waals surface area contributed by atoms with E-state index in [1.165, 1.54) is 6.07 Å². The number of hydrogen-bond acceptors (Lipinski definition) is 3. The molecular formula is C21H20FNO3. The second-order valence-corrected chi connectivity index (χ2v) is 7.21. The van der Waals surface area contributed by atoms with E-state index in [1.54, 1.807) is 42.2 Å². The third-order valence-electron chi connectivity index (χ3n) is 5.08. The van der Waals surface area contributed by atoms with Gasteiger partial charge in [-0.2, -0.15) is 0 Å². The second kappa shape index (κ2) is 6.24. The standard InChI is InChI=1S/C21H20FNO3/c1-21(12-14-6-2-4-8-17(14)19(24)26-21)20(25)23(16-10-11-16)13-15-7-3-5-9-18(15)22/h2-9,16H,10-13H2,1H3. The summed E-state index contributed by atoms with van der Waals surface area (Å²) in [5.74, 6) is -1.07. The Kier molecular flexibility index (Phi) is 4.02. The Labute approximate surface area is 151 Å². The van der Waals surface area contributed by atoms with Gasteiger partial charge in [0.15, 0.2) is 5.60 Å². The van der Waals surface area contributed by atoms with Crippen LogP contribution in [0, 0.1) is 5.82 Å². The van der Waals surface area contributed by atoms with Gasteiger partial charge in [-0.1, -0.05) is 36.4 Å². The van der Waals surface area contributed by atoms with Crippen LogP contribution in [-0.4, -0.2) is 28.4 Å². The van der Waals surface area contributed by atoms with Crippen LogP contribution in [0.3, 0.4) is 0 Å². The van der Waals surface area contributed by atoms with Crippen LogP contribution in [0.4, 0.5) is 4.39 Å². The van der Waals surface area contributed by atoms with E-state index >= 15 is 0 Å². The van der Waals surface area contributed by atoms with Crippen molar-refractivity contribution >= 4 is 11.9 Å². The number of hydrogen-bond donors (Lipinski definition) is 0. The molecule has 0 aromatic heterocycles. The molecule has 26 heavy (non-hydrogen) atoms. The third-order valence-corrected chi connectivity index (χ3v) is 5.08. The summed E-state index contributed by atoms with van der Waals surface area (Å²) in [6.07, 6.45) is 2.11. The molecule has 2 aromatic rings. The molecule has 1 heterocycles. The molecule has 0 spiro atoms. The summed E-state index contributed by atoms with van der Waals surface area (Å²) in [7, 11) is 0. The summed E-state index contributed by atoms with van der Waals surface area (Å²) in [5, 5.41) is 0. The van der Waals surface area contributed by atoms with E-state index in [9.17, 15) is 14.0 Å². The molecule has 1 fully saturated rings. The van der Waals surface area contributed by atoms with E-state index in [-0.39, 0.29) is 24.3 Å². The molecule has 5 heteroatoms. The van der Waals surface area contributed by atoms with Gasteiger partial charge in [-0.3, -0.25) is 4.79 Å². The number of esters is 1. The number of rotatable bonds is 4. The first-order chi connectivity index (χ1) is 12.5. The van der Waals surface area contributed by atoms with Crippen LogP contribution in [0.1, 0.15) is 41.3 Å². The van der Waals surface area contributed by atoms with Crippen molar-refractivity contribution < 1.29 is 18.7 Å². The minimum absolute atomic E-state index is 0.0785. The maximum Gasteiger partial charge on any atom is 0.339 e. The van der Waals surface area contributed by atoms with Crippen LogP contribution in [0.25, 0.3) is 0 Å². The first-order valence-corrected chi connectivity index (χ1v) is 8.84. The first kappa shape index (κ1) is 16.8. The lowest BCUT2D eigenvalue weighted by Gasteiger charge is -2.37. The van der Waals surface area contributed by atoms with Gasteiger partial charge in [-0.15, -0.1) is 0 Å². The molecular weight excluding hydrogens is 333 g/mol. The average molecular weight is 353 g/mol. The molecule has 1 unspecified atom stereocenters. The Morgan fingerprint density at radius 3 is 2.62 bits per heavy atom. The largest absolute Gasteiger partial charge is 0.445 e. The van der Waals surface area contributed by atoms with Crippen LogP contribution in [0.5, 0.6) is 0 Å². The highest BCUT2D eigenvalue weighted by atomic mass is 19.1. The zero-order valence-electron chi connectivity index (χ0n) is 14.6. The Balaban J connectivity index is 1.62. The van der Waals surface area contributed by atoms with Crippen molar-refractivity contribution in [1.82, 2.24) is 4.90 Å². The van der Waals surface area contributed by atoms with Crippen molar-refractivity contribution in [3.05, 3.63) is 71.0 Å². The van der Waals surface area contributed by atoms with E-state index in [0.29, 0.717) is 17.5 Å². The SMILES string of the molecule is CC1(C(=O)N(Cc2ccccc2F)C2CC2)Cc2ccccc2C(=O)O1. The lowest BCUT2D eigenvalue weighted by atomic mass is 9.88. The van der Waals surface area contributed by atoms with E-state index in [4.69, 9.17) is 4.74 Å². The van der Waals surface area contributed by atoms with Gasteiger partial charge in [0.05, 0.1) is 5.56 Å². The highest BCUT2D eigenvalue weighted by Crippen LogP contribution is 2.35. The fourth-order valence-electron chi connectivity index (χ4n) is 3.52. The average Bonchev–Trinajstić information content (AvgIpc) is 3.45. The van der Waals surface area contributed by atoms with Crippen LogP contribution in [-0.2, 0) is 22.5 Å². The van der Waals surface area contributed by atoms with E-state index in [0.717, 1.165) is 18.4 Å². The Bertz CT molecular complexity index is 877. The Morgan fingerprint density at radius 1 is 1.19 bits per heavy atom. The van der Waals surface area contributed by atoms with Gasteiger partial charge in [0.25, 0.3) is 5.91 Å². The van der Waals surface area contributed by atoms with E-state index < -0.39 is 11.6 Å². The number of carbonyl (C=O) groups excluding carboxylic acids is 2. The molecule has 0 N–H and O–H groups in total. The monoisotopic (exact) mass is 353 g/mol. The number of ether oxygens (including phenoxy) is 1. The summed E-state index contributed by atoms with van der Waals surface area (Å²) in [5.41, 5.74) is 0.518. The van der Waals surface area contributed by atoms with Crippen LogP contribution in [0.15, 0.2) is 48.5 Å². The van der Waals surface area contributed by atoms with Crippen molar-refractivity contribution in [2.75, 3.05) is 0 Å². The summed E-state index contributed by atoms with van der Waals surface area (Å²) < 4.78 is 19.6. The number of halogens is 1. The van der Waals surface area contributed by atoms with Gasteiger partial charge in [-0.05, 0) is 37.5 Å². The molecule has 0 radical (unpaired) electrons. The fourth-order valence-corrected chi connectivity index (χ4v) is 3.52. The number of fused-ring (bicyclic) bond motifs is 1. The van der Waals surface area contributed by atoms with Crippen molar-refractivity contribution in [2.24, 2.45) is 0 Å². The lowest BCUT2D eigenvalue weighted by molar-refractivity contribution is -0.152. The van der Waals surface area contributed by atoms with Crippen molar-refractivity contribution in [1.29, 1.82) is 0 Å². The molecule has 0 saturated heterocycles. The predicted molar refractivity (Wildman–Crippen MR) is 93.9 cm³/mol. The minimum Gasteiger partial charge on any atom is -0.445 e. The molecule has 1 aliphatic carbocycles. The minimum atomic E-state index is -1.26. The van der Waals surface area contributed by atoms with Gasteiger partial charge in [0.2, 0.25) is 0 Å². The molecule has 134 valence electrons. The topological polar surface area (TPSA) is 46.6 Å². The van der Waals surface area contributed by atoms with Gasteiger partial charge in [0, 0.05) is 24.6 Å². The van der Waals surface area contributed by atoms with Crippen LogP contribution >= 0.6 is 0 Å². The highest BCUT2D eigenvalue weighted by molar-refractivity contribution is 5.97. The van der Waals surface area contributed by atoms with Crippen molar-refractivity contribution in [2.45, 2.75) is 44.4 Å². The predicted octanol–water partition coefficient (Wildman–Crippen LogP) is 3.49. The zero-order valence-corrected chi connectivity index (χ0v) is 14.6. The summed E-state index contributed by atoms with van der Waals surface area (Å²) in [4.78, 5) is 27.3. The van der Waals surface area contributed by atoms with E-state index in [1.807, 2.05) is 12.1 Å². The van der Waals surface area contributed by atoms with E-state index in [2.05, 4.69) is 0 Å². The molecule has 1 atom stereocenters. The summed E-state index contributed by atoms with van der Waals surface area (Å²) >= 11 is 0. The maximum absolute atomic E-state index is 14.1. The number of nitrogens with zero attached hydrogens (tertiary/aromatic N) is 1. The van der Waals surface area contributed by atoms with Crippen LogP contribution < -0.4 is 0 Å². The van der Waals surface area contributed by atoms with Gasteiger partial charge < -0.3 is 9.64 Å². The van der Waals surface area contributed by atoms with Crippen molar-refractivity contribution in [3.8, 4) is 0 Å².